The number of benzene rings is 2. The first-order valence-electron chi connectivity index (χ1n) is 8.72. The van der Waals surface area contributed by atoms with Gasteiger partial charge < -0.3 is 10.1 Å². The molecule has 0 spiro atoms. The van der Waals surface area contributed by atoms with E-state index in [-0.39, 0.29) is 12.0 Å². The van der Waals surface area contributed by atoms with Gasteiger partial charge in [-0.25, -0.2) is 0 Å². The topological polar surface area (TPSA) is 38.3 Å². The lowest BCUT2D eigenvalue weighted by molar-refractivity contribution is -0.121. The molecule has 0 fully saturated rings. The first kappa shape index (κ1) is 16.6. The Morgan fingerprint density at radius 2 is 2.04 bits per heavy atom. The molecule has 1 aliphatic carbocycles. The maximum absolute atomic E-state index is 12.3. The van der Waals surface area contributed by atoms with Crippen LogP contribution >= 0.6 is 0 Å². The summed E-state index contributed by atoms with van der Waals surface area (Å²) in [6.45, 7) is 4.56. The number of hydrogen-bond donors (Lipinski definition) is 1. The fraction of sp³-hybridized carbons (Fsp3) is 0.381. The first-order valence-corrected chi connectivity index (χ1v) is 8.72. The molecule has 0 bridgehead atoms. The highest BCUT2D eigenvalue weighted by Crippen LogP contribution is 2.35. The van der Waals surface area contributed by atoms with E-state index in [0.717, 1.165) is 24.2 Å². The molecule has 1 amide bonds. The van der Waals surface area contributed by atoms with Crippen LogP contribution in [-0.2, 0) is 17.8 Å². The maximum atomic E-state index is 12.3. The van der Waals surface area contributed by atoms with Crippen LogP contribution in [0.5, 0.6) is 5.75 Å². The summed E-state index contributed by atoms with van der Waals surface area (Å²) in [6.07, 6.45) is 2.88. The van der Waals surface area contributed by atoms with Crippen LogP contribution in [0, 0.1) is 0 Å². The zero-order valence-corrected chi connectivity index (χ0v) is 14.4. The third-order valence-electron chi connectivity index (χ3n) is 4.45. The largest absolute Gasteiger partial charge is 0.491 e. The van der Waals surface area contributed by atoms with Crippen LogP contribution in [0.25, 0.3) is 0 Å². The second-order valence-corrected chi connectivity index (χ2v) is 6.73. The minimum absolute atomic E-state index is 0.117. The Balaban J connectivity index is 1.53. The number of carbonyl (C=O) groups is 1. The SMILES string of the molecule is CC(C)Oc1cccc(CNC(=O)CC2CCc3ccccc32)c1. The van der Waals surface area contributed by atoms with Crippen LogP contribution in [0.2, 0.25) is 0 Å². The van der Waals surface area contributed by atoms with E-state index in [9.17, 15) is 4.79 Å². The van der Waals surface area contributed by atoms with Gasteiger partial charge in [-0.15, -0.1) is 0 Å². The van der Waals surface area contributed by atoms with Gasteiger partial charge in [0.05, 0.1) is 6.10 Å². The summed E-state index contributed by atoms with van der Waals surface area (Å²) in [5.41, 5.74) is 3.81. The lowest BCUT2D eigenvalue weighted by Crippen LogP contribution is -2.24. The molecule has 0 saturated heterocycles. The molecule has 3 rings (SSSR count). The molecule has 1 aliphatic rings. The summed E-state index contributed by atoms with van der Waals surface area (Å²) in [7, 11) is 0. The number of rotatable bonds is 6. The number of fused-ring (bicyclic) bond motifs is 1. The van der Waals surface area contributed by atoms with Crippen molar-refractivity contribution in [2.45, 2.75) is 51.7 Å². The van der Waals surface area contributed by atoms with E-state index in [2.05, 4.69) is 29.6 Å². The number of carbonyl (C=O) groups excluding carboxylic acids is 1. The van der Waals surface area contributed by atoms with Crippen molar-refractivity contribution in [3.8, 4) is 5.75 Å². The normalized spacial score (nSPS) is 16.0. The van der Waals surface area contributed by atoms with Crippen molar-refractivity contribution < 1.29 is 9.53 Å². The third-order valence-corrected chi connectivity index (χ3v) is 4.45. The Hall–Kier alpha value is -2.29. The van der Waals surface area contributed by atoms with Gasteiger partial charge in [0.25, 0.3) is 0 Å². The summed E-state index contributed by atoms with van der Waals surface area (Å²) in [5.74, 6) is 1.32. The predicted molar refractivity (Wildman–Crippen MR) is 96.2 cm³/mol. The quantitative estimate of drug-likeness (QED) is 0.865. The van der Waals surface area contributed by atoms with Gasteiger partial charge in [-0.3, -0.25) is 4.79 Å². The number of aryl methyl sites for hydroxylation is 1. The summed E-state index contributed by atoms with van der Waals surface area (Å²) < 4.78 is 5.70. The molecule has 3 nitrogen and oxygen atoms in total. The summed E-state index contributed by atoms with van der Waals surface area (Å²) in [6, 6.07) is 16.4. The standard InChI is InChI=1S/C21H25NO2/c1-15(2)24-19-8-5-6-16(12-19)14-22-21(23)13-18-11-10-17-7-3-4-9-20(17)18/h3-9,12,15,18H,10-11,13-14H2,1-2H3,(H,22,23). The van der Waals surface area contributed by atoms with Gasteiger partial charge in [-0.2, -0.15) is 0 Å². The Morgan fingerprint density at radius 1 is 1.21 bits per heavy atom. The average molecular weight is 323 g/mol. The molecule has 0 heterocycles. The summed E-state index contributed by atoms with van der Waals surface area (Å²) in [4.78, 5) is 12.3. The number of nitrogens with one attached hydrogen (secondary N) is 1. The van der Waals surface area contributed by atoms with E-state index in [4.69, 9.17) is 4.74 Å². The van der Waals surface area contributed by atoms with Gasteiger partial charge in [-0.05, 0) is 61.4 Å². The van der Waals surface area contributed by atoms with E-state index < -0.39 is 0 Å². The molecular formula is C21H25NO2. The van der Waals surface area contributed by atoms with Crippen LogP contribution < -0.4 is 10.1 Å². The van der Waals surface area contributed by atoms with E-state index >= 15 is 0 Å². The Labute approximate surface area is 144 Å². The molecule has 2 aromatic carbocycles. The van der Waals surface area contributed by atoms with Crippen LogP contribution in [0.1, 0.15) is 49.3 Å². The highest BCUT2D eigenvalue weighted by Gasteiger charge is 2.23. The monoisotopic (exact) mass is 323 g/mol. The molecule has 0 saturated carbocycles. The van der Waals surface area contributed by atoms with Crippen molar-refractivity contribution in [1.29, 1.82) is 0 Å². The number of ether oxygens (including phenoxy) is 1. The van der Waals surface area contributed by atoms with Crippen molar-refractivity contribution in [3.05, 3.63) is 65.2 Å². The van der Waals surface area contributed by atoms with Gasteiger partial charge >= 0.3 is 0 Å². The lowest BCUT2D eigenvalue weighted by atomic mass is 9.97. The fourth-order valence-corrected chi connectivity index (χ4v) is 3.35. The van der Waals surface area contributed by atoms with Gasteiger partial charge in [0.2, 0.25) is 5.91 Å². The summed E-state index contributed by atoms with van der Waals surface area (Å²) >= 11 is 0. The smallest absolute Gasteiger partial charge is 0.220 e. The molecule has 0 aromatic heterocycles. The van der Waals surface area contributed by atoms with Crippen molar-refractivity contribution >= 4 is 5.91 Å². The highest BCUT2D eigenvalue weighted by molar-refractivity contribution is 5.77. The number of amides is 1. The lowest BCUT2D eigenvalue weighted by Gasteiger charge is -2.13. The Bertz CT molecular complexity index is 708. The molecule has 2 aromatic rings. The zero-order chi connectivity index (χ0) is 16.9. The van der Waals surface area contributed by atoms with Crippen LogP contribution in [-0.4, -0.2) is 12.0 Å². The van der Waals surface area contributed by atoms with E-state index in [0.29, 0.717) is 18.9 Å². The van der Waals surface area contributed by atoms with Crippen molar-refractivity contribution in [2.75, 3.05) is 0 Å². The Kier molecular flexibility index (Phi) is 5.19. The van der Waals surface area contributed by atoms with Gasteiger partial charge in [0.1, 0.15) is 5.75 Å². The Morgan fingerprint density at radius 3 is 2.88 bits per heavy atom. The van der Waals surface area contributed by atoms with E-state index in [1.54, 1.807) is 0 Å². The van der Waals surface area contributed by atoms with Gasteiger partial charge in [0.15, 0.2) is 0 Å². The van der Waals surface area contributed by atoms with Crippen LogP contribution in [0.3, 0.4) is 0 Å². The third kappa shape index (κ3) is 4.16. The number of hydrogen-bond acceptors (Lipinski definition) is 2. The van der Waals surface area contributed by atoms with Crippen molar-refractivity contribution in [1.82, 2.24) is 5.32 Å². The molecule has 126 valence electrons. The molecular weight excluding hydrogens is 298 g/mol. The van der Waals surface area contributed by atoms with Gasteiger partial charge in [-0.1, -0.05) is 36.4 Å². The maximum Gasteiger partial charge on any atom is 0.220 e. The van der Waals surface area contributed by atoms with Crippen LogP contribution in [0.15, 0.2) is 48.5 Å². The van der Waals surface area contributed by atoms with Crippen LogP contribution in [0.4, 0.5) is 0 Å². The molecule has 1 atom stereocenters. The minimum atomic E-state index is 0.117. The predicted octanol–water partition coefficient (Wildman–Crippen LogP) is 4.21. The molecule has 0 radical (unpaired) electrons. The molecule has 3 heteroatoms. The highest BCUT2D eigenvalue weighted by atomic mass is 16.5. The van der Waals surface area contributed by atoms with E-state index in [1.807, 2.05) is 38.1 Å². The van der Waals surface area contributed by atoms with Gasteiger partial charge in [0, 0.05) is 13.0 Å². The zero-order valence-electron chi connectivity index (χ0n) is 14.4. The summed E-state index contributed by atoms with van der Waals surface area (Å²) in [5, 5.41) is 3.04. The first-order chi connectivity index (χ1) is 11.6. The second kappa shape index (κ2) is 7.52. The van der Waals surface area contributed by atoms with Crippen molar-refractivity contribution in [3.63, 3.8) is 0 Å². The second-order valence-electron chi connectivity index (χ2n) is 6.73. The average Bonchev–Trinajstić information content (AvgIpc) is 2.96. The molecule has 24 heavy (non-hydrogen) atoms. The van der Waals surface area contributed by atoms with Crippen molar-refractivity contribution in [2.24, 2.45) is 0 Å². The molecule has 1 unspecified atom stereocenters. The van der Waals surface area contributed by atoms with E-state index in [1.165, 1.54) is 11.1 Å². The molecule has 0 aliphatic heterocycles. The fourth-order valence-electron chi connectivity index (χ4n) is 3.35. The molecule has 1 N–H and O–H groups in total. The minimum Gasteiger partial charge on any atom is -0.491 e.